The minimum atomic E-state index is -4.91. The van der Waals surface area contributed by atoms with Crippen molar-refractivity contribution in [3.63, 3.8) is 0 Å². The van der Waals surface area contributed by atoms with Gasteiger partial charge in [-0.1, -0.05) is 34.8 Å². The molecule has 0 spiro atoms. The van der Waals surface area contributed by atoms with Crippen molar-refractivity contribution < 1.29 is 22.4 Å². The first kappa shape index (κ1) is 14.5. The number of carbonyl (C=O) groups excluding carboxylic acids is 1. The van der Waals surface area contributed by atoms with E-state index in [1.165, 1.54) is 0 Å². The van der Waals surface area contributed by atoms with Gasteiger partial charge in [-0.25, -0.2) is 4.39 Å². The molecular weight excluding hydrogens is 306 g/mol. The van der Waals surface area contributed by atoms with Crippen LogP contribution in [-0.2, 0) is 6.18 Å². The van der Waals surface area contributed by atoms with E-state index in [0.29, 0.717) is 12.1 Å². The molecule has 0 aromatic heterocycles. The maximum absolute atomic E-state index is 12.7. The summed E-state index contributed by atoms with van der Waals surface area (Å²) < 4.78 is 47.8. The van der Waals surface area contributed by atoms with Crippen molar-refractivity contribution in [2.24, 2.45) is 0 Å². The van der Waals surface area contributed by atoms with Crippen LogP contribution in [0.5, 0.6) is 0 Å². The van der Waals surface area contributed by atoms with Crippen molar-refractivity contribution in [1.29, 1.82) is 0 Å². The Balaban J connectivity index is 3.40. The first-order valence-electron chi connectivity index (χ1n) is 4.02. The molecule has 0 fully saturated rings. The van der Waals surface area contributed by atoms with Crippen LogP contribution in [0.25, 0.3) is 0 Å². The zero-order valence-corrected chi connectivity index (χ0v) is 10.1. The van der Waals surface area contributed by atoms with E-state index in [1.54, 1.807) is 0 Å². The molecule has 94 valence electrons. The monoisotopic (exact) mass is 308 g/mol. The van der Waals surface area contributed by atoms with Gasteiger partial charge >= 0.3 is 6.18 Å². The summed E-state index contributed by atoms with van der Waals surface area (Å²) in [6.07, 6.45) is -4.91. The highest BCUT2D eigenvalue weighted by Gasteiger charge is 2.40. The van der Waals surface area contributed by atoms with Gasteiger partial charge < -0.3 is 0 Å². The Labute approximate surface area is 108 Å². The molecule has 0 heterocycles. The second kappa shape index (κ2) is 4.63. The highest BCUT2D eigenvalue weighted by molar-refractivity contribution is 6.77. The number of halogens is 7. The molecule has 1 nitrogen and oxygen atoms in total. The average Bonchev–Trinajstić information content (AvgIpc) is 2.14. The Morgan fingerprint density at radius 1 is 1.12 bits per heavy atom. The van der Waals surface area contributed by atoms with Gasteiger partial charge in [0.15, 0.2) is 0 Å². The number of hydrogen-bond acceptors (Lipinski definition) is 1. The maximum Gasteiger partial charge on any atom is 0.417 e. The number of hydrogen-bond donors (Lipinski definition) is 0. The number of Topliss-reactive ketones (excluding diaryl/α,β-unsaturated/α-hetero) is 1. The molecule has 0 aliphatic rings. The highest BCUT2D eigenvalue weighted by Crippen LogP contribution is 2.37. The van der Waals surface area contributed by atoms with Gasteiger partial charge in [0.2, 0.25) is 5.78 Å². The van der Waals surface area contributed by atoms with Crippen LogP contribution in [0.4, 0.5) is 17.6 Å². The lowest BCUT2D eigenvalue weighted by atomic mass is 10.0. The molecule has 0 radical (unpaired) electrons. The van der Waals surface area contributed by atoms with Crippen molar-refractivity contribution in [2.45, 2.75) is 9.97 Å². The zero-order chi connectivity index (χ0) is 13.4. The SMILES string of the molecule is O=C(c1ccc(F)cc1C(F)(F)F)C(Cl)(Cl)Cl. The van der Waals surface area contributed by atoms with E-state index in [2.05, 4.69) is 0 Å². The molecular formula is C9H3Cl3F4O. The molecule has 1 aromatic rings. The lowest BCUT2D eigenvalue weighted by molar-refractivity contribution is -0.138. The zero-order valence-electron chi connectivity index (χ0n) is 7.79. The minimum Gasteiger partial charge on any atom is -0.289 e. The molecule has 0 amide bonds. The fraction of sp³-hybridized carbons (Fsp3) is 0.222. The molecule has 1 aromatic carbocycles. The van der Waals surface area contributed by atoms with Crippen molar-refractivity contribution in [1.82, 2.24) is 0 Å². The van der Waals surface area contributed by atoms with Crippen LogP contribution in [0.2, 0.25) is 0 Å². The summed E-state index contributed by atoms with van der Waals surface area (Å²) >= 11 is 15.6. The first-order valence-corrected chi connectivity index (χ1v) is 5.15. The third kappa shape index (κ3) is 3.47. The number of benzene rings is 1. The third-order valence-electron chi connectivity index (χ3n) is 1.79. The summed E-state index contributed by atoms with van der Waals surface area (Å²) in [4.78, 5) is 11.4. The van der Waals surface area contributed by atoms with Crippen LogP contribution < -0.4 is 0 Å². The Hall–Kier alpha value is -0.520. The summed E-state index contributed by atoms with van der Waals surface area (Å²) in [7, 11) is 0. The van der Waals surface area contributed by atoms with Crippen LogP contribution in [-0.4, -0.2) is 9.58 Å². The normalized spacial score (nSPS) is 12.6. The Morgan fingerprint density at radius 3 is 2.06 bits per heavy atom. The van der Waals surface area contributed by atoms with Crippen LogP contribution >= 0.6 is 34.8 Å². The number of rotatable bonds is 1. The summed E-state index contributed by atoms with van der Waals surface area (Å²) in [5.74, 6) is -2.51. The predicted octanol–water partition coefficient (Wildman–Crippen LogP) is 4.40. The van der Waals surface area contributed by atoms with Crippen molar-refractivity contribution in [3.8, 4) is 0 Å². The predicted molar refractivity (Wildman–Crippen MR) is 56.0 cm³/mol. The number of alkyl halides is 6. The second-order valence-corrected chi connectivity index (χ2v) is 5.30. The van der Waals surface area contributed by atoms with Crippen LogP contribution in [0.1, 0.15) is 15.9 Å². The smallest absolute Gasteiger partial charge is 0.289 e. The summed E-state index contributed by atoms with van der Waals surface area (Å²) in [6.45, 7) is 0. The van der Waals surface area contributed by atoms with E-state index >= 15 is 0 Å². The molecule has 17 heavy (non-hydrogen) atoms. The van der Waals surface area contributed by atoms with Crippen molar-refractivity contribution >= 4 is 40.6 Å². The number of ketones is 1. The average molecular weight is 309 g/mol. The van der Waals surface area contributed by atoms with E-state index in [1.807, 2.05) is 0 Å². The van der Waals surface area contributed by atoms with E-state index in [0.717, 1.165) is 0 Å². The maximum atomic E-state index is 12.7. The molecule has 0 saturated heterocycles. The van der Waals surface area contributed by atoms with Gasteiger partial charge in [-0.2, -0.15) is 13.2 Å². The molecule has 0 atom stereocenters. The van der Waals surface area contributed by atoms with Gasteiger partial charge in [0, 0.05) is 5.56 Å². The Kier molecular flexibility index (Phi) is 3.96. The van der Waals surface area contributed by atoms with Gasteiger partial charge in [0.05, 0.1) is 5.56 Å². The molecule has 0 aliphatic carbocycles. The molecule has 1 rings (SSSR count). The standard InChI is InChI=1S/C9H3Cl3F4O/c10-8(11,12)7(17)5-2-1-4(13)3-6(5)9(14,15)16/h1-3H. The topological polar surface area (TPSA) is 17.1 Å². The van der Waals surface area contributed by atoms with Gasteiger partial charge in [0.1, 0.15) is 5.82 Å². The Bertz CT molecular complexity index is 451. The van der Waals surface area contributed by atoms with Gasteiger partial charge in [-0.3, -0.25) is 4.79 Å². The largest absolute Gasteiger partial charge is 0.417 e. The first-order chi connectivity index (χ1) is 7.53. The van der Waals surface area contributed by atoms with Crippen molar-refractivity contribution in [2.75, 3.05) is 0 Å². The number of carbonyl (C=O) groups is 1. The fourth-order valence-corrected chi connectivity index (χ4v) is 1.41. The summed E-state index contributed by atoms with van der Waals surface area (Å²) in [6, 6.07) is 1.48. The van der Waals surface area contributed by atoms with E-state index < -0.39 is 32.7 Å². The van der Waals surface area contributed by atoms with Gasteiger partial charge in [-0.05, 0) is 18.2 Å². The van der Waals surface area contributed by atoms with E-state index in [4.69, 9.17) is 34.8 Å². The lowest BCUT2D eigenvalue weighted by Crippen LogP contribution is -2.23. The third-order valence-corrected chi connectivity index (χ3v) is 2.30. The summed E-state index contributed by atoms with van der Waals surface area (Å²) in [5, 5.41) is 0. The quantitative estimate of drug-likeness (QED) is 0.427. The van der Waals surface area contributed by atoms with Gasteiger partial charge in [0.25, 0.3) is 3.79 Å². The van der Waals surface area contributed by atoms with E-state index in [-0.39, 0.29) is 6.07 Å². The van der Waals surface area contributed by atoms with E-state index in [9.17, 15) is 22.4 Å². The van der Waals surface area contributed by atoms with Crippen LogP contribution in [0.15, 0.2) is 18.2 Å². The fourth-order valence-electron chi connectivity index (χ4n) is 1.10. The molecule has 0 N–H and O–H groups in total. The van der Waals surface area contributed by atoms with Crippen LogP contribution in [0, 0.1) is 5.82 Å². The van der Waals surface area contributed by atoms with Crippen LogP contribution in [0.3, 0.4) is 0 Å². The van der Waals surface area contributed by atoms with Gasteiger partial charge in [-0.15, -0.1) is 0 Å². The molecule has 0 unspecified atom stereocenters. The summed E-state index contributed by atoms with van der Waals surface area (Å²) in [5.41, 5.74) is -2.37. The molecule has 8 heteroatoms. The van der Waals surface area contributed by atoms with Crippen molar-refractivity contribution in [3.05, 3.63) is 35.1 Å². The molecule has 0 aliphatic heterocycles. The lowest BCUT2D eigenvalue weighted by Gasteiger charge is -2.15. The molecule has 0 bridgehead atoms. The molecule has 0 saturated carbocycles. The highest BCUT2D eigenvalue weighted by atomic mass is 35.6. The Morgan fingerprint density at radius 2 is 1.65 bits per heavy atom. The second-order valence-electron chi connectivity index (χ2n) is 3.01. The minimum absolute atomic E-state index is 0.170.